The SMILES string of the molecule is CCC1(CC)CC(NC(=O)C2CCC(C)NC2)CCO1. The van der Waals surface area contributed by atoms with Crippen LogP contribution in [-0.4, -0.2) is 36.7 Å². The number of hydrogen-bond donors (Lipinski definition) is 2. The highest BCUT2D eigenvalue weighted by molar-refractivity contribution is 5.79. The molecule has 0 aromatic heterocycles. The first-order valence-electron chi connectivity index (χ1n) is 8.26. The van der Waals surface area contributed by atoms with Crippen molar-refractivity contribution >= 4 is 5.91 Å². The van der Waals surface area contributed by atoms with E-state index in [0.29, 0.717) is 6.04 Å². The lowest BCUT2D eigenvalue weighted by Crippen LogP contribution is -2.51. The second-order valence-corrected chi connectivity index (χ2v) is 6.52. The van der Waals surface area contributed by atoms with Crippen molar-refractivity contribution in [3.63, 3.8) is 0 Å². The molecule has 2 fully saturated rings. The summed E-state index contributed by atoms with van der Waals surface area (Å²) < 4.78 is 5.97. The summed E-state index contributed by atoms with van der Waals surface area (Å²) in [4.78, 5) is 12.4. The fourth-order valence-corrected chi connectivity index (χ4v) is 3.44. The van der Waals surface area contributed by atoms with Gasteiger partial charge in [0.25, 0.3) is 0 Å². The van der Waals surface area contributed by atoms with Crippen LogP contribution in [0, 0.1) is 5.92 Å². The molecule has 0 aliphatic carbocycles. The molecule has 0 aromatic rings. The van der Waals surface area contributed by atoms with Gasteiger partial charge in [-0.1, -0.05) is 13.8 Å². The minimum Gasteiger partial charge on any atom is -0.375 e. The van der Waals surface area contributed by atoms with E-state index in [9.17, 15) is 4.79 Å². The van der Waals surface area contributed by atoms with Crippen LogP contribution in [0.15, 0.2) is 0 Å². The number of hydrogen-bond acceptors (Lipinski definition) is 3. The summed E-state index contributed by atoms with van der Waals surface area (Å²) in [6, 6.07) is 0.838. The van der Waals surface area contributed by atoms with E-state index in [-0.39, 0.29) is 23.5 Å². The number of ether oxygens (including phenoxy) is 1. The molecule has 0 saturated carbocycles. The molecule has 2 saturated heterocycles. The Morgan fingerprint density at radius 3 is 2.65 bits per heavy atom. The molecule has 0 bridgehead atoms. The van der Waals surface area contributed by atoms with Gasteiger partial charge >= 0.3 is 0 Å². The van der Waals surface area contributed by atoms with Gasteiger partial charge in [0.05, 0.1) is 11.5 Å². The van der Waals surface area contributed by atoms with E-state index in [2.05, 4.69) is 31.4 Å². The van der Waals surface area contributed by atoms with Crippen LogP contribution in [-0.2, 0) is 9.53 Å². The lowest BCUT2D eigenvalue weighted by molar-refractivity contribution is -0.130. The highest BCUT2D eigenvalue weighted by atomic mass is 16.5. The van der Waals surface area contributed by atoms with Crippen LogP contribution in [0.3, 0.4) is 0 Å². The number of piperidine rings is 1. The van der Waals surface area contributed by atoms with E-state index in [4.69, 9.17) is 4.74 Å². The van der Waals surface area contributed by atoms with E-state index in [1.54, 1.807) is 0 Å². The van der Waals surface area contributed by atoms with Crippen molar-refractivity contribution in [1.82, 2.24) is 10.6 Å². The van der Waals surface area contributed by atoms with Crippen molar-refractivity contribution in [1.29, 1.82) is 0 Å². The minimum atomic E-state index is -0.0183. The number of carbonyl (C=O) groups is 1. The summed E-state index contributed by atoms with van der Waals surface area (Å²) in [7, 11) is 0. The van der Waals surface area contributed by atoms with Gasteiger partial charge in [-0.15, -0.1) is 0 Å². The fraction of sp³-hybridized carbons (Fsp3) is 0.938. The monoisotopic (exact) mass is 282 g/mol. The molecule has 116 valence electrons. The van der Waals surface area contributed by atoms with Gasteiger partial charge in [-0.25, -0.2) is 0 Å². The van der Waals surface area contributed by atoms with Crippen molar-refractivity contribution < 1.29 is 9.53 Å². The van der Waals surface area contributed by atoms with Crippen LogP contribution >= 0.6 is 0 Å². The summed E-state index contributed by atoms with van der Waals surface area (Å²) in [6.07, 6.45) is 6.07. The molecule has 0 radical (unpaired) electrons. The third-order valence-corrected chi connectivity index (χ3v) is 5.16. The van der Waals surface area contributed by atoms with E-state index in [0.717, 1.165) is 51.7 Å². The molecule has 4 heteroatoms. The van der Waals surface area contributed by atoms with Crippen molar-refractivity contribution in [2.45, 2.75) is 77.0 Å². The number of carbonyl (C=O) groups excluding carboxylic acids is 1. The molecular formula is C16H30N2O2. The topological polar surface area (TPSA) is 50.4 Å². The largest absolute Gasteiger partial charge is 0.375 e. The van der Waals surface area contributed by atoms with Crippen molar-refractivity contribution in [3.8, 4) is 0 Å². The third-order valence-electron chi connectivity index (χ3n) is 5.16. The van der Waals surface area contributed by atoms with Crippen LogP contribution in [0.5, 0.6) is 0 Å². The maximum absolute atomic E-state index is 12.4. The number of rotatable bonds is 4. The Balaban J connectivity index is 1.84. The smallest absolute Gasteiger partial charge is 0.224 e. The summed E-state index contributed by atoms with van der Waals surface area (Å²) in [6.45, 7) is 8.14. The number of amides is 1. The Morgan fingerprint density at radius 1 is 1.30 bits per heavy atom. The fourth-order valence-electron chi connectivity index (χ4n) is 3.44. The van der Waals surface area contributed by atoms with E-state index < -0.39 is 0 Å². The predicted octanol–water partition coefficient (Wildman–Crippen LogP) is 2.23. The first kappa shape index (κ1) is 15.8. The molecule has 4 nitrogen and oxygen atoms in total. The first-order chi connectivity index (χ1) is 9.58. The summed E-state index contributed by atoms with van der Waals surface area (Å²) in [5.74, 6) is 0.379. The van der Waals surface area contributed by atoms with Gasteiger partial charge in [0.2, 0.25) is 5.91 Å². The van der Waals surface area contributed by atoms with Crippen LogP contribution in [0.1, 0.15) is 59.3 Å². The standard InChI is InChI=1S/C16H30N2O2/c1-4-16(5-2)10-14(8-9-20-16)18-15(19)13-7-6-12(3)17-11-13/h12-14,17H,4-11H2,1-3H3,(H,18,19). The molecule has 2 aliphatic rings. The predicted molar refractivity (Wildman–Crippen MR) is 80.6 cm³/mol. The zero-order chi connectivity index (χ0) is 14.6. The number of nitrogens with one attached hydrogen (secondary N) is 2. The molecule has 0 aromatic carbocycles. The molecule has 2 rings (SSSR count). The first-order valence-corrected chi connectivity index (χ1v) is 8.26. The van der Waals surface area contributed by atoms with Gasteiger partial charge in [0, 0.05) is 25.2 Å². The lowest BCUT2D eigenvalue weighted by Gasteiger charge is -2.40. The average molecular weight is 282 g/mol. The van der Waals surface area contributed by atoms with E-state index in [1.807, 2.05) is 0 Å². The molecule has 1 amide bonds. The second kappa shape index (κ2) is 6.90. The molecule has 3 unspecified atom stereocenters. The van der Waals surface area contributed by atoms with Crippen molar-refractivity contribution in [2.24, 2.45) is 5.92 Å². The van der Waals surface area contributed by atoms with Gasteiger partial charge < -0.3 is 15.4 Å². The molecule has 20 heavy (non-hydrogen) atoms. The molecule has 3 atom stereocenters. The van der Waals surface area contributed by atoms with Gasteiger partial charge in [-0.2, -0.15) is 0 Å². The van der Waals surface area contributed by atoms with Gasteiger partial charge in [-0.3, -0.25) is 4.79 Å². The van der Waals surface area contributed by atoms with Crippen LogP contribution in [0.4, 0.5) is 0 Å². The molecular weight excluding hydrogens is 252 g/mol. The molecule has 2 N–H and O–H groups in total. The third kappa shape index (κ3) is 3.73. The Labute approximate surface area is 123 Å². The van der Waals surface area contributed by atoms with Crippen molar-refractivity contribution in [3.05, 3.63) is 0 Å². The highest BCUT2D eigenvalue weighted by Gasteiger charge is 2.36. The summed E-state index contributed by atoms with van der Waals surface area (Å²) in [5, 5.41) is 6.67. The Hall–Kier alpha value is -0.610. The maximum atomic E-state index is 12.4. The van der Waals surface area contributed by atoms with Gasteiger partial charge in [0.1, 0.15) is 0 Å². The lowest BCUT2D eigenvalue weighted by atomic mass is 9.85. The maximum Gasteiger partial charge on any atom is 0.224 e. The van der Waals surface area contributed by atoms with Crippen LogP contribution < -0.4 is 10.6 Å². The Morgan fingerprint density at radius 2 is 2.05 bits per heavy atom. The average Bonchev–Trinajstić information content (AvgIpc) is 2.48. The van der Waals surface area contributed by atoms with Gasteiger partial charge in [0.15, 0.2) is 0 Å². The summed E-state index contributed by atoms with van der Waals surface area (Å²) >= 11 is 0. The molecule has 0 spiro atoms. The van der Waals surface area contributed by atoms with E-state index >= 15 is 0 Å². The Bertz CT molecular complexity index is 320. The second-order valence-electron chi connectivity index (χ2n) is 6.52. The molecule has 2 heterocycles. The zero-order valence-electron chi connectivity index (χ0n) is 13.2. The van der Waals surface area contributed by atoms with Gasteiger partial charge in [-0.05, 0) is 45.4 Å². The normalized spacial score (nSPS) is 33.6. The van der Waals surface area contributed by atoms with Crippen LogP contribution in [0.2, 0.25) is 0 Å². The highest BCUT2D eigenvalue weighted by Crippen LogP contribution is 2.31. The van der Waals surface area contributed by atoms with E-state index in [1.165, 1.54) is 0 Å². The molecule has 2 aliphatic heterocycles. The van der Waals surface area contributed by atoms with Crippen molar-refractivity contribution in [2.75, 3.05) is 13.2 Å². The minimum absolute atomic E-state index is 0.0183. The quantitative estimate of drug-likeness (QED) is 0.831. The Kier molecular flexibility index (Phi) is 5.44. The summed E-state index contributed by atoms with van der Waals surface area (Å²) in [5.41, 5.74) is -0.0183. The zero-order valence-corrected chi connectivity index (χ0v) is 13.2. The van der Waals surface area contributed by atoms with Crippen LogP contribution in [0.25, 0.3) is 0 Å².